The Morgan fingerprint density at radius 3 is 2.61 bits per heavy atom. The zero-order chi connectivity index (χ0) is 22.6. The Balaban J connectivity index is 1.26. The lowest BCUT2D eigenvalue weighted by atomic mass is 10.1. The summed E-state index contributed by atoms with van der Waals surface area (Å²) in [5.41, 5.74) is 2.07. The van der Waals surface area contributed by atoms with Crippen LogP contribution in [0.1, 0.15) is 18.5 Å². The van der Waals surface area contributed by atoms with Gasteiger partial charge in [0, 0.05) is 11.9 Å². The highest BCUT2D eigenvalue weighted by molar-refractivity contribution is 7.99. The number of hydrogen-bond donors (Lipinski definition) is 1. The van der Waals surface area contributed by atoms with Gasteiger partial charge in [-0.1, -0.05) is 42.1 Å². The number of nitrogens with zero attached hydrogens (tertiary/aromatic N) is 4. The summed E-state index contributed by atoms with van der Waals surface area (Å²) in [6.45, 7) is 3.74. The lowest BCUT2D eigenvalue weighted by molar-refractivity contribution is -0.118. The molecule has 0 aliphatic carbocycles. The number of oxazole rings is 1. The number of para-hydroxylation sites is 2. The maximum Gasteiger partial charge on any atom is 0.274 e. The van der Waals surface area contributed by atoms with Crippen molar-refractivity contribution < 1.29 is 9.21 Å². The molecule has 3 heterocycles. The normalized spacial score (nSPS) is 14.3. The van der Waals surface area contributed by atoms with E-state index in [9.17, 15) is 9.59 Å². The van der Waals surface area contributed by atoms with Crippen LogP contribution in [0, 0.1) is 0 Å². The zero-order valence-electron chi connectivity index (χ0n) is 18.2. The second-order valence-corrected chi connectivity index (χ2v) is 9.01. The Hall–Kier alpha value is -3.17. The van der Waals surface area contributed by atoms with Gasteiger partial charge in [-0.3, -0.25) is 9.59 Å². The fourth-order valence-electron chi connectivity index (χ4n) is 4.10. The van der Waals surface area contributed by atoms with E-state index in [0.29, 0.717) is 28.4 Å². The lowest BCUT2D eigenvalue weighted by Crippen LogP contribution is -2.33. The fourth-order valence-corrected chi connectivity index (χ4v) is 4.77. The molecule has 1 aliphatic heterocycles. The van der Waals surface area contributed by atoms with Crippen molar-refractivity contribution in [2.45, 2.75) is 31.2 Å². The minimum absolute atomic E-state index is 0.0913. The Kier molecular flexibility index (Phi) is 6.41. The summed E-state index contributed by atoms with van der Waals surface area (Å²) in [6.07, 6.45) is 2.41. The van der Waals surface area contributed by atoms with Crippen LogP contribution in [0.2, 0.25) is 0 Å². The SMILES string of the molecule is O=C(CSc1nc2ccccc2o1)NCc1nn(CCN2CCCC2)c(=O)c2ccccc12. The number of amides is 1. The summed E-state index contributed by atoms with van der Waals surface area (Å²) in [5, 5.41) is 9.38. The second kappa shape index (κ2) is 9.76. The largest absolute Gasteiger partial charge is 0.431 e. The van der Waals surface area contributed by atoms with Crippen molar-refractivity contribution >= 4 is 39.5 Å². The number of aromatic nitrogens is 3. The number of rotatable bonds is 8. The number of hydrogen-bond acceptors (Lipinski definition) is 7. The van der Waals surface area contributed by atoms with Crippen LogP contribution in [0.4, 0.5) is 0 Å². The highest BCUT2D eigenvalue weighted by atomic mass is 32.2. The maximum atomic E-state index is 12.9. The smallest absolute Gasteiger partial charge is 0.274 e. The zero-order valence-corrected chi connectivity index (χ0v) is 19.0. The first kappa shape index (κ1) is 21.7. The van der Waals surface area contributed by atoms with Crippen LogP contribution in [0.15, 0.2) is 63.0 Å². The summed E-state index contributed by atoms with van der Waals surface area (Å²) in [7, 11) is 0. The molecule has 9 heteroatoms. The number of fused-ring (bicyclic) bond motifs is 2. The first-order valence-electron chi connectivity index (χ1n) is 11.1. The molecular formula is C24H25N5O3S. The molecule has 170 valence electrons. The second-order valence-electron chi connectivity index (χ2n) is 8.08. The van der Waals surface area contributed by atoms with E-state index in [1.165, 1.54) is 29.3 Å². The minimum atomic E-state index is -0.150. The molecule has 0 spiro atoms. The molecule has 33 heavy (non-hydrogen) atoms. The van der Waals surface area contributed by atoms with Gasteiger partial charge in [-0.15, -0.1) is 0 Å². The maximum absolute atomic E-state index is 12.9. The predicted molar refractivity (Wildman–Crippen MR) is 128 cm³/mol. The van der Waals surface area contributed by atoms with Crippen molar-refractivity contribution in [2.75, 3.05) is 25.4 Å². The highest BCUT2D eigenvalue weighted by Gasteiger charge is 2.15. The number of nitrogens with one attached hydrogen (secondary N) is 1. The Morgan fingerprint density at radius 2 is 1.79 bits per heavy atom. The van der Waals surface area contributed by atoms with E-state index < -0.39 is 0 Å². The number of carbonyl (C=O) groups excluding carboxylic acids is 1. The molecule has 4 aromatic rings. The molecule has 2 aromatic heterocycles. The molecule has 1 aliphatic rings. The van der Waals surface area contributed by atoms with Gasteiger partial charge in [0.25, 0.3) is 10.8 Å². The standard InChI is InChI=1S/C24H25N5O3S/c30-22(16-33-24-26-19-9-3-4-10-21(19)32-24)25-15-20-17-7-1-2-8-18(17)23(31)29(27-20)14-13-28-11-5-6-12-28/h1-4,7-10H,5-6,11-16H2,(H,25,30). The van der Waals surface area contributed by atoms with Crippen LogP contribution < -0.4 is 10.9 Å². The van der Waals surface area contributed by atoms with E-state index in [0.717, 1.165) is 30.5 Å². The van der Waals surface area contributed by atoms with E-state index in [-0.39, 0.29) is 23.8 Å². The van der Waals surface area contributed by atoms with Crippen molar-refractivity contribution in [3.05, 3.63) is 64.6 Å². The summed E-state index contributed by atoms with van der Waals surface area (Å²) in [5.74, 6) is 0.0299. The molecule has 0 atom stereocenters. The molecule has 1 amide bonds. The van der Waals surface area contributed by atoms with Gasteiger partial charge in [-0.05, 0) is 44.1 Å². The molecule has 1 N–H and O–H groups in total. The van der Waals surface area contributed by atoms with Crippen molar-refractivity contribution in [2.24, 2.45) is 0 Å². The van der Waals surface area contributed by atoms with Crippen molar-refractivity contribution in [3.8, 4) is 0 Å². The molecule has 0 saturated carbocycles. The van der Waals surface area contributed by atoms with Gasteiger partial charge >= 0.3 is 0 Å². The summed E-state index contributed by atoms with van der Waals surface area (Å²) >= 11 is 1.25. The molecule has 2 aromatic carbocycles. The molecule has 8 nitrogen and oxygen atoms in total. The van der Waals surface area contributed by atoms with Crippen LogP contribution in [0.5, 0.6) is 0 Å². The number of likely N-dealkylation sites (tertiary alicyclic amines) is 1. The molecule has 0 unspecified atom stereocenters. The average Bonchev–Trinajstić information content (AvgIpc) is 3.51. The van der Waals surface area contributed by atoms with E-state index in [1.54, 1.807) is 0 Å². The van der Waals surface area contributed by atoms with Crippen molar-refractivity contribution in [1.29, 1.82) is 0 Å². The number of carbonyl (C=O) groups is 1. The van der Waals surface area contributed by atoms with Gasteiger partial charge in [-0.2, -0.15) is 5.10 Å². The van der Waals surface area contributed by atoms with Gasteiger partial charge in [0.15, 0.2) is 5.58 Å². The summed E-state index contributed by atoms with van der Waals surface area (Å²) in [6, 6.07) is 14.9. The van der Waals surface area contributed by atoms with Crippen molar-refractivity contribution in [3.63, 3.8) is 0 Å². The third-order valence-corrected chi connectivity index (χ3v) is 6.65. The van der Waals surface area contributed by atoms with Gasteiger partial charge in [-0.25, -0.2) is 9.67 Å². The van der Waals surface area contributed by atoms with E-state index in [2.05, 4.69) is 20.3 Å². The number of benzene rings is 2. The van der Waals surface area contributed by atoms with E-state index in [4.69, 9.17) is 4.42 Å². The molecule has 1 fully saturated rings. The predicted octanol–water partition coefficient (Wildman–Crippen LogP) is 3.04. The van der Waals surface area contributed by atoms with Gasteiger partial charge < -0.3 is 14.6 Å². The van der Waals surface area contributed by atoms with Crippen LogP contribution in [0.25, 0.3) is 21.9 Å². The molecular weight excluding hydrogens is 438 g/mol. The third-order valence-electron chi connectivity index (χ3n) is 5.82. The monoisotopic (exact) mass is 463 g/mol. The van der Waals surface area contributed by atoms with Gasteiger partial charge in [0.1, 0.15) is 5.52 Å². The molecule has 1 saturated heterocycles. The average molecular weight is 464 g/mol. The quantitative estimate of drug-likeness (QED) is 0.402. The summed E-state index contributed by atoms with van der Waals surface area (Å²) in [4.78, 5) is 32.2. The van der Waals surface area contributed by atoms with Gasteiger partial charge in [0.2, 0.25) is 5.91 Å². The molecule has 0 bridgehead atoms. The number of thioether (sulfide) groups is 1. The fraction of sp³-hybridized carbons (Fsp3) is 0.333. The van der Waals surface area contributed by atoms with Crippen LogP contribution in [0.3, 0.4) is 0 Å². The van der Waals surface area contributed by atoms with Crippen LogP contribution >= 0.6 is 11.8 Å². The first-order chi connectivity index (χ1) is 16.2. The van der Waals surface area contributed by atoms with E-state index >= 15 is 0 Å². The first-order valence-corrected chi connectivity index (χ1v) is 12.1. The third kappa shape index (κ3) is 4.94. The lowest BCUT2D eigenvalue weighted by Gasteiger charge is -2.16. The Morgan fingerprint density at radius 1 is 1.03 bits per heavy atom. The molecule has 5 rings (SSSR count). The molecule has 0 radical (unpaired) electrons. The topological polar surface area (TPSA) is 93.3 Å². The highest BCUT2D eigenvalue weighted by Crippen LogP contribution is 2.23. The Bertz CT molecular complexity index is 1310. The summed E-state index contributed by atoms with van der Waals surface area (Å²) < 4.78 is 7.19. The van der Waals surface area contributed by atoms with Crippen molar-refractivity contribution in [1.82, 2.24) is 25.0 Å². The Labute approximate surface area is 195 Å². The van der Waals surface area contributed by atoms with E-state index in [1.807, 2.05) is 48.5 Å². The minimum Gasteiger partial charge on any atom is -0.431 e. The van der Waals surface area contributed by atoms with Crippen LogP contribution in [-0.2, 0) is 17.9 Å². The van der Waals surface area contributed by atoms with Gasteiger partial charge in [0.05, 0.1) is 29.9 Å². The van der Waals surface area contributed by atoms with Crippen LogP contribution in [-0.4, -0.2) is 51.0 Å².